The van der Waals surface area contributed by atoms with E-state index in [1.54, 1.807) is 12.3 Å². The molecule has 1 unspecified atom stereocenters. The number of piperazine rings is 1. The Morgan fingerprint density at radius 2 is 2.00 bits per heavy atom. The molecule has 0 aliphatic carbocycles. The second-order valence-electron chi connectivity index (χ2n) is 5.95. The summed E-state index contributed by atoms with van der Waals surface area (Å²) < 4.78 is 0. The van der Waals surface area contributed by atoms with E-state index in [9.17, 15) is 9.59 Å². The van der Waals surface area contributed by atoms with Gasteiger partial charge in [0.05, 0.1) is 0 Å². The zero-order valence-corrected chi connectivity index (χ0v) is 12.9. The first-order valence-electron chi connectivity index (χ1n) is 7.89. The molecule has 1 N–H and O–H groups in total. The van der Waals surface area contributed by atoms with Gasteiger partial charge >= 0.3 is 0 Å². The molecular weight excluding hydrogens is 280 g/mol. The van der Waals surface area contributed by atoms with Gasteiger partial charge in [0.15, 0.2) is 5.78 Å². The predicted molar refractivity (Wildman–Crippen MR) is 84.1 cm³/mol. The number of Topliss-reactive ketones (excluding diaryl/α,β-unsaturated/α-hetero) is 1. The van der Waals surface area contributed by atoms with Gasteiger partial charge in [-0.1, -0.05) is 0 Å². The van der Waals surface area contributed by atoms with Crippen LogP contribution in [0.15, 0.2) is 18.3 Å². The van der Waals surface area contributed by atoms with E-state index in [0.717, 1.165) is 44.8 Å². The Morgan fingerprint density at radius 1 is 1.23 bits per heavy atom. The number of pyridine rings is 1. The number of anilines is 1. The van der Waals surface area contributed by atoms with Crippen molar-refractivity contribution in [3.05, 3.63) is 23.9 Å². The Kier molecular flexibility index (Phi) is 4.38. The average Bonchev–Trinajstić information content (AvgIpc) is 3.09. The minimum absolute atomic E-state index is 0.0152. The molecule has 0 bridgehead atoms. The number of amides is 1. The average molecular weight is 302 g/mol. The van der Waals surface area contributed by atoms with Gasteiger partial charge in [-0.25, -0.2) is 4.98 Å². The molecule has 0 spiro atoms. The molecule has 2 aliphatic rings. The highest BCUT2D eigenvalue weighted by atomic mass is 16.2. The number of aromatic nitrogens is 1. The molecule has 2 fully saturated rings. The molecule has 22 heavy (non-hydrogen) atoms. The van der Waals surface area contributed by atoms with Crippen LogP contribution >= 0.6 is 0 Å². The van der Waals surface area contributed by atoms with E-state index in [0.29, 0.717) is 12.1 Å². The van der Waals surface area contributed by atoms with Crippen molar-refractivity contribution in [3.8, 4) is 0 Å². The molecule has 6 heteroatoms. The first-order chi connectivity index (χ1) is 10.6. The quantitative estimate of drug-likeness (QED) is 0.832. The third-order valence-electron chi connectivity index (χ3n) is 4.37. The van der Waals surface area contributed by atoms with E-state index in [1.807, 2.05) is 11.0 Å². The number of rotatable bonds is 3. The third-order valence-corrected chi connectivity index (χ3v) is 4.37. The summed E-state index contributed by atoms with van der Waals surface area (Å²) in [5.74, 6) is 1.04. The van der Waals surface area contributed by atoms with E-state index in [2.05, 4.69) is 15.2 Å². The van der Waals surface area contributed by atoms with Crippen molar-refractivity contribution >= 4 is 17.5 Å². The van der Waals surface area contributed by atoms with Gasteiger partial charge in [-0.15, -0.1) is 0 Å². The lowest BCUT2D eigenvalue weighted by atomic mass is 10.1. The van der Waals surface area contributed by atoms with Crippen LogP contribution in [0.2, 0.25) is 0 Å². The van der Waals surface area contributed by atoms with Crippen LogP contribution in [0.3, 0.4) is 0 Å². The van der Waals surface area contributed by atoms with Gasteiger partial charge in [-0.3, -0.25) is 9.59 Å². The molecular formula is C16H22N4O2. The number of hydrogen-bond donors (Lipinski definition) is 1. The summed E-state index contributed by atoms with van der Waals surface area (Å²) in [6.45, 7) is 5.50. The molecule has 0 aromatic carbocycles. The number of ketones is 1. The maximum Gasteiger partial charge on any atom is 0.241 e. The molecule has 1 atom stereocenters. The van der Waals surface area contributed by atoms with Crippen LogP contribution in [0.25, 0.3) is 0 Å². The smallest absolute Gasteiger partial charge is 0.241 e. The molecule has 3 heterocycles. The monoisotopic (exact) mass is 302 g/mol. The minimum Gasteiger partial charge on any atom is -0.353 e. The summed E-state index contributed by atoms with van der Waals surface area (Å²) >= 11 is 0. The van der Waals surface area contributed by atoms with Crippen molar-refractivity contribution in [2.24, 2.45) is 0 Å². The highest BCUT2D eigenvalue weighted by Gasteiger charge is 2.30. The van der Waals surface area contributed by atoms with Gasteiger partial charge in [0, 0.05) is 44.5 Å². The lowest BCUT2D eigenvalue weighted by molar-refractivity contribution is -0.132. The Morgan fingerprint density at radius 3 is 2.64 bits per heavy atom. The van der Waals surface area contributed by atoms with Gasteiger partial charge < -0.3 is 15.1 Å². The molecule has 118 valence electrons. The maximum absolute atomic E-state index is 12.5. The SMILES string of the molecule is CC(=O)c1ccc(N2CCNC(C(=O)N3CCCC3)C2)nc1. The lowest BCUT2D eigenvalue weighted by Gasteiger charge is -2.35. The summed E-state index contributed by atoms with van der Waals surface area (Å²) in [5.41, 5.74) is 0.614. The maximum atomic E-state index is 12.5. The van der Waals surface area contributed by atoms with Gasteiger partial charge in [0.1, 0.15) is 11.9 Å². The van der Waals surface area contributed by atoms with Crippen LogP contribution in [0, 0.1) is 0 Å². The van der Waals surface area contributed by atoms with Crippen LogP contribution in [0.1, 0.15) is 30.1 Å². The van der Waals surface area contributed by atoms with E-state index >= 15 is 0 Å². The van der Waals surface area contributed by atoms with Crippen molar-refractivity contribution in [1.29, 1.82) is 0 Å². The Labute approximate surface area is 130 Å². The van der Waals surface area contributed by atoms with Crippen LogP contribution < -0.4 is 10.2 Å². The zero-order chi connectivity index (χ0) is 15.5. The van der Waals surface area contributed by atoms with Crippen molar-refractivity contribution in [2.75, 3.05) is 37.6 Å². The van der Waals surface area contributed by atoms with E-state index < -0.39 is 0 Å². The Balaban J connectivity index is 1.67. The highest BCUT2D eigenvalue weighted by molar-refractivity contribution is 5.93. The normalized spacial score (nSPS) is 22.0. The summed E-state index contributed by atoms with van der Waals surface area (Å²) in [6, 6.07) is 3.49. The molecule has 3 rings (SSSR count). The molecule has 1 amide bonds. The van der Waals surface area contributed by atoms with E-state index in [-0.39, 0.29) is 17.7 Å². The molecule has 2 aliphatic heterocycles. The molecule has 1 aromatic rings. The van der Waals surface area contributed by atoms with Gasteiger partial charge in [0.2, 0.25) is 5.91 Å². The van der Waals surface area contributed by atoms with Crippen molar-refractivity contribution in [2.45, 2.75) is 25.8 Å². The van der Waals surface area contributed by atoms with E-state index in [4.69, 9.17) is 0 Å². The minimum atomic E-state index is -0.166. The standard InChI is InChI=1S/C16H22N4O2/c1-12(21)13-4-5-15(18-10-13)20-9-6-17-14(11-20)16(22)19-7-2-3-8-19/h4-5,10,14,17H,2-3,6-9,11H2,1H3. The predicted octanol–water partition coefficient (Wildman–Crippen LogP) is 0.685. The van der Waals surface area contributed by atoms with Crippen LogP contribution in [-0.2, 0) is 4.79 Å². The first kappa shape index (κ1) is 15.0. The van der Waals surface area contributed by atoms with Crippen LogP contribution in [-0.4, -0.2) is 60.3 Å². The largest absolute Gasteiger partial charge is 0.353 e. The van der Waals surface area contributed by atoms with Crippen molar-refractivity contribution in [3.63, 3.8) is 0 Å². The van der Waals surface area contributed by atoms with Gasteiger partial charge in [0.25, 0.3) is 0 Å². The number of carbonyl (C=O) groups is 2. The summed E-state index contributed by atoms with van der Waals surface area (Å²) in [5, 5.41) is 3.31. The Hall–Kier alpha value is -1.95. The van der Waals surface area contributed by atoms with Crippen molar-refractivity contribution in [1.82, 2.24) is 15.2 Å². The highest BCUT2D eigenvalue weighted by Crippen LogP contribution is 2.16. The number of nitrogens with zero attached hydrogens (tertiary/aromatic N) is 3. The third kappa shape index (κ3) is 3.11. The topological polar surface area (TPSA) is 65.5 Å². The fraction of sp³-hybridized carbons (Fsp3) is 0.562. The molecule has 1 aromatic heterocycles. The first-order valence-corrected chi connectivity index (χ1v) is 7.89. The number of nitrogens with one attached hydrogen (secondary N) is 1. The second-order valence-corrected chi connectivity index (χ2v) is 5.95. The molecule has 2 saturated heterocycles. The zero-order valence-electron chi connectivity index (χ0n) is 12.9. The van der Waals surface area contributed by atoms with Gasteiger partial charge in [-0.05, 0) is 31.9 Å². The fourth-order valence-corrected chi connectivity index (χ4v) is 3.06. The lowest BCUT2D eigenvalue weighted by Crippen LogP contribution is -2.57. The van der Waals surface area contributed by atoms with Crippen molar-refractivity contribution < 1.29 is 9.59 Å². The summed E-state index contributed by atoms with van der Waals surface area (Å²) in [6.07, 6.45) is 3.82. The Bertz CT molecular complexity index is 552. The van der Waals surface area contributed by atoms with Crippen LogP contribution in [0.5, 0.6) is 0 Å². The number of hydrogen-bond acceptors (Lipinski definition) is 5. The fourth-order valence-electron chi connectivity index (χ4n) is 3.06. The molecule has 6 nitrogen and oxygen atoms in total. The summed E-state index contributed by atoms with van der Waals surface area (Å²) in [4.78, 5) is 32.2. The molecule has 0 radical (unpaired) electrons. The van der Waals surface area contributed by atoms with Gasteiger partial charge in [-0.2, -0.15) is 0 Å². The summed E-state index contributed by atoms with van der Waals surface area (Å²) in [7, 11) is 0. The van der Waals surface area contributed by atoms with Crippen LogP contribution in [0.4, 0.5) is 5.82 Å². The second kappa shape index (κ2) is 6.44. The molecule has 0 saturated carbocycles. The number of likely N-dealkylation sites (tertiary alicyclic amines) is 1. The number of carbonyl (C=O) groups excluding carboxylic acids is 2. The van der Waals surface area contributed by atoms with E-state index in [1.165, 1.54) is 6.92 Å².